The van der Waals surface area contributed by atoms with Crippen LogP contribution < -0.4 is 5.32 Å². The van der Waals surface area contributed by atoms with Gasteiger partial charge >= 0.3 is 12.1 Å². The molecule has 8 heteroatoms. The minimum atomic E-state index is -4.86. The number of benzene rings is 1. The zero-order chi connectivity index (χ0) is 22.4. The van der Waals surface area contributed by atoms with Crippen LogP contribution in [0.25, 0.3) is 0 Å². The molecule has 2 aliphatic rings. The zero-order valence-electron chi connectivity index (χ0n) is 18.0. The average molecular weight is 444 g/mol. The second-order valence-electron chi connectivity index (χ2n) is 8.89. The van der Waals surface area contributed by atoms with E-state index in [2.05, 4.69) is 0 Å². The molecule has 2 bridgehead atoms. The normalized spacial score (nSPS) is 28.3. The first kappa shape index (κ1) is 24.0. The Bertz CT molecular complexity index is 715. The summed E-state index contributed by atoms with van der Waals surface area (Å²) in [7, 11) is 1.56. The van der Waals surface area contributed by atoms with E-state index in [-0.39, 0.29) is 18.9 Å². The van der Waals surface area contributed by atoms with E-state index in [1.54, 1.807) is 7.11 Å². The second kappa shape index (κ2) is 10.3. The average Bonchev–Trinajstić information content (AvgIpc) is 2.74. The van der Waals surface area contributed by atoms with Gasteiger partial charge in [0.05, 0.1) is 17.8 Å². The van der Waals surface area contributed by atoms with Gasteiger partial charge in [0.25, 0.3) is 0 Å². The molecule has 3 atom stereocenters. The van der Waals surface area contributed by atoms with Gasteiger partial charge in [-0.15, -0.1) is 0 Å². The van der Waals surface area contributed by atoms with E-state index < -0.39 is 17.7 Å². The summed E-state index contributed by atoms with van der Waals surface area (Å²) in [5, 5.41) is 1.96. The molecule has 0 aromatic heterocycles. The van der Waals surface area contributed by atoms with Crippen LogP contribution in [0.3, 0.4) is 0 Å². The third-order valence-electron chi connectivity index (χ3n) is 6.43. The number of ether oxygens (including phenoxy) is 3. The lowest BCUT2D eigenvalue weighted by Crippen LogP contribution is -2.54. The van der Waals surface area contributed by atoms with Crippen LogP contribution in [0.15, 0.2) is 30.3 Å². The SMILES string of the molecule is COCOC1(CCCNC(=O)C(F)(F)F)CC2CCCC(OCc3ccccc3)(C2)C1. The van der Waals surface area contributed by atoms with Gasteiger partial charge < -0.3 is 19.5 Å². The second-order valence-corrected chi connectivity index (χ2v) is 8.89. The van der Waals surface area contributed by atoms with Gasteiger partial charge in [-0.1, -0.05) is 43.2 Å². The van der Waals surface area contributed by atoms with E-state index in [0.717, 1.165) is 37.7 Å². The number of nitrogens with one attached hydrogen (secondary N) is 1. The summed E-state index contributed by atoms with van der Waals surface area (Å²) in [5.41, 5.74) is 0.279. The van der Waals surface area contributed by atoms with Crippen LogP contribution in [0, 0.1) is 5.92 Å². The molecule has 0 heterocycles. The molecule has 1 N–H and O–H groups in total. The molecule has 1 aromatic carbocycles. The summed E-state index contributed by atoms with van der Waals surface area (Å²) in [6, 6.07) is 10.0. The summed E-state index contributed by atoms with van der Waals surface area (Å²) in [5.74, 6) is -1.46. The summed E-state index contributed by atoms with van der Waals surface area (Å²) < 4.78 is 55.1. The maximum Gasteiger partial charge on any atom is 0.471 e. The van der Waals surface area contributed by atoms with Crippen LogP contribution in [0.5, 0.6) is 0 Å². The maximum atomic E-state index is 12.4. The molecule has 1 amide bonds. The van der Waals surface area contributed by atoms with E-state index in [9.17, 15) is 18.0 Å². The van der Waals surface area contributed by atoms with Crippen molar-refractivity contribution >= 4 is 5.91 Å². The van der Waals surface area contributed by atoms with Gasteiger partial charge in [0.15, 0.2) is 0 Å². The number of carbonyl (C=O) groups is 1. The molecule has 31 heavy (non-hydrogen) atoms. The number of rotatable bonds is 10. The number of carbonyl (C=O) groups excluding carboxylic acids is 1. The Kier molecular flexibility index (Phi) is 7.99. The fourth-order valence-corrected chi connectivity index (χ4v) is 5.23. The molecular formula is C23H32F3NO4. The van der Waals surface area contributed by atoms with Gasteiger partial charge in [-0.05, 0) is 43.6 Å². The molecule has 5 nitrogen and oxygen atoms in total. The maximum absolute atomic E-state index is 12.4. The van der Waals surface area contributed by atoms with Crippen molar-refractivity contribution in [2.24, 2.45) is 5.92 Å². The van der Waals surface area contributed by atoms with Gasteiger partial charge in [0.2, 0.25) is 0 Å². The van der Waals surface area contributed by atoms with Crippen molar-refractivity contribution in [1.82, 2.24) is 5.32 Å². The minimum absolute atomic E-state index is 0.0427. The molecule has 3 rings (SSSR count). The number of fused-ring (bicyclic) bond motifs is 2. The van der Waals surface area contributed by atoms with Crippen LogP contribution in [-0.2, 0) is 25.6 Å². The molecule has 0 aliphatic heterocycles. The lowest BCUT2D eigenvalue weighted by Gasteiger charge is -2.53. The molecule has 1 aromatic rings. The highest BCUT2D eigenvalue weighted by Gasteiger charge is 2.51. The molecule has 2 saturated carbocycles. The monoisotopic (exact) mass is 443 g/mol. The van der Waals surface area contributed by atoms with E-state index >= 15 is 0 Å². The molecule has 2 fully saturated rings. The minimum Gasteiger partial charge on any atom is -0.370 e. The fourth-order valence-electron chi connectivity index (χ4n) is 5.23. The van der Waals surface area contributed by atoms with Crippen molar-refractivity contribution in [1.29, 1.82) is 0 Å². The number of hydrogen-bond donors (Lipinski definition) is 1. The number of amides is 1. The predicted molar refractivity (Wildman–Crippen MR) is 109 cm³/mol. The van der Waals surface area contributed by atoms with Gasteiger partial charge in [-0.2, -0.15) is 13.2 Å². The highest BCUT2D eigenvalue weighted by Crippen LogP contribution is 2.52. The van der Waals surface area contributed by atoms with Gasteiger partial charge in [0.1, 0.15) is 6.79 Å². The van der Waals surface area contributed by atoms with Crippen LogP contribution in [0.2, 0.25) is 0 Å². The third-order valence-corrected chi connectivity index (χ3v) is 6.43. The summed E-state index contributed by atoms with van der Waals surface area (Å²) in [6.07, 6.45) is 1.71. The van der Waals surface area contributed by atoms with Crippen molar-refractivity contribution < 1.29 is 32.2 Å². The number of alkyl halides is 3. The predicted octanol–water partition coefficient (Wildman–Crippen LogP) is 4.74. The van der Waals surface area contributed by atoms with Crippen molar-refractivity contribution in [3.63, 3.8) is 0 Å². The molecule has 3 unspecified atom stereocenters. The Morgan fingerprint density at radius 3 is 2.68 bits per heavy atom. The third kappa shape index (κ3) is 6.67. The van der Waals surface area contributed by atoms with E-state index in [0.29, 0.717) is 31.8 Å². The standard InChI is InChI=1S/C23H32F3NO4/c1-29-17-31-22(11-6-12-27-20(28)23(24,25)26)14-19-9-5-10-21(13-19,16-22)30-15-18-7-3-2-4-8-18/h2-4,7-8,19H,5-6,9-17H2,1H3,(H,27,28). The summed E-state index contributed by atoms with van der Waals surface area (Å²) >= 11 is 0. The van der Waals surface area contributed by atoms with E-state index in [4.69, 9.17) is 14.2 Å². The molecule has 174 valence electrons. The highest BCUT2D eigenvalue weighted by atomic mass is 19.4. The van der Waals surface area contributed by atoms with Crippen LogP contribution in [0.1, 0.15) is 56.9 Å². The van der Waals surface area contributed by atoms with E-state index in [1.807, 2.05) is 35.6 Å². The Morgan fingerprint density at radius 1 is 1.19 bits per heavy atom. The van der Waals surface area contributed by atoms with Crippen molar-refractivity contribution in [3.05, 3.63) is 35.9 Å². The molecule has 0 spiro atoms. The Labute approximate surface area is 181 Å². The van der Waals surface area contributed by atoms with Crippen LogP contribution >= 0.6 is 0 Å². The number of hydrogen-bond acceptors (Lipinski definition) is 4. The van der Waals surface area contributed by atoms with E-state index in [1.165, 1.54) is 0 Å². The van der Waals surface area contributed by atoms with Crippen molar-refractivity contribution in [2.45, 2.75) is 75.4 Å². The summed E-state index contributed by atoms with van der Waals surface area (Å²) in [4.78, 5) is 11.1. The first-order valence-electron chi connectivity index (χ1n) is 10.9. The van der Waals surface area contributed by atoms with Gasteiger partial charge in [-0.3, -0.25) is 4.79 Å². The number of methoxy groups -OCH3 is 1. The first-order valence-corrected chi connectivity index (χ1v) is 10.9. The number of halogens is 3. The highest BCUT2D eigenvalue weighted by molar-refractivity contribution is 5.81. The summed E-state index contributed by atoms with van der Waals surface area (Å²) in [6.45, 7) is 0.602. The van der Waals surface area contributed by atoms with Gasteiger partial charge in [0, 0.05) is 20.1 Å². The fraction of sp³-hybridized carbons (Fsp3) is 0.696. The smallest absolute Gasteiger partial charge is 0.370 e. The Hall–Kier alpha value is -1.64. The van der Waals surface area contributed by atoms with Crippen LogP contribution in [-0.4, -0.2) is 43.7 Å². The first-order chi connectivity index (χ1) is 14.8. The molecule has 0 radical (unpaired) electrons. The Balaban J connectivity index is 1.66. The van der Waals surface area contributed by atoms with Crippen molar-refractivity contribution in [3.8, 4) is 0 Å². The molecular weight excluding hydrogens is 411 g/mol. The molecule has 2 aliphatic carbocycles. The molecule has 0 saturated heterocycles. The Morgan fingerprint density at radius 2 is 1.97 bits per heavy atom. The van der Waals surface area contributed by atoms with Crippen molar-refractivity contribution in [2.75, 3.05) is 20.4 Å². The largest absolute Gasteiger partial charge is 0.471 e. The lowest BCUT2D eigenvalue weighted by atomic mass is 9.62. The van der Waals surface area contributed by atoms with Gasteiger partial charge in [-0.25, -0.2) is 0 Å². The zero-order valence-corrected chi connectivity index (χ0v) is 18.0. The lowest BCUT2D eigenvalue weighted by molar-refractivity contribution is -0.219. The van der Waals surface area contributed by atoms with Crippen LogP contribution in [0.4, 0.5) is 13.2 Å². The quantitative estimate of drug-likeness (QED) is 0.419. The topological polar surface area (TPSA) is 56.8 Å².